The fourth-order valence-electron chi connectivity index (χ4n) is 2.65. The predicted molar refractivity (Wildman–Crippen MR) is 89.3 cm³/mol. The standard InChI is InChI=1S/C16H18FN3O5S/c1-23-13-4-3-11(17)9-14(13)26(21,22)20-8-7-12(10-20)25-16-6-5-15(24-2)18-19-16/h3-6,9,12H,7-8,10H2,1-2H3/t12-/m0/s1. The van der Waals surface area contributed by atoms with Crippen molar-refractivity contribution in [3.8, 4) is 17.5 Å². The van der Waals surface area contributed by atoms with Crippen LogP contribution in [0.15, 0.2) is 35.2 Å². The molecule has 0 unspecified atom stereocenters. The zero-order valence-electron chi connectivity index (χ0n) is 14.3. The number of benzene rings is 1. The molecule has 26 heavy (non-hydrogen) atoms. The highest BCUT2D eigenvalue weighted by Crippen LogP contribution is 2.30. The Labute approximate surface area is 150 Å². The zero-order valence-corrected chi connectivity index (χ0v) is 15.1. The third-order valence-electron chi connectivity index (χ3n) is 3.96. The minimum absolute atomic E-state index is 0.0942. The van der Waals surface area contributed by atoms with Crippen LogP contribution in [0, 0.1) is 5.82 Å². The first-order chi connectivity index (χ1) is 12.4. The first kappa shape index (κ1) is 18.3. The van der Waals surface area contributed by atoms with Crippen molar-refractivity contribution in [2.45, 2.75) is 17.4 Å². The van der Waals surface area contributed by atoms with Gasteiger partial charge in [-0.1, -0.05) is 0 Å². The summed E-state index contributed by atoms with van der Waals surface area (Å²) in [5, 5.41) is 7.66. The molecule has 1 aromatic carbocycles. The molecule has 2 heterocycles. The molecule has 1 aromatic heterocycles. The Morgan fingerprint density at radius 1 is 1.12 bits per heavy atom. The summed E-state index contributed by atoms with van der Waals surface area (Å²) in [6, 6.07) is 6.59. The lowest BCUT2D eigenvalue weighted by Gasteiger charge is -2.18. The Kier molecular flexibility index (Phi) is 5.23. The first-order valence-electron chi connectivity index (χ1n) is 7.82. The molecule has 1 atom stereocenters. The average molecular weight is 383 g/mol. The van der Waals surface area contributed by atoms with Gasteiger partial charge in [0.2, 0.25) is 21.8 Å². The molecule has 3 rings (SSSR count). The van der Waals surface area contributed by atoms with Crippen molar-refractivity contribution >= 4 is 10.0 Å². The number of hydrogen-bond donors (Lipinski definition) is 0. The molecule has 0 N–H and O–H groups in total. The highest BCUT2D eigenvalue weighted by atomic mass is 32.2. The molecule has 8 nitrogen and oxygen atoms in total. The number of rotatable bonds is 6. The van der Waals surface area contributed by atoms with Gasteiger partial charge >= 0.3 is 0 Å². The number of aromatic nitrogens is 2. The van der Waals surface area contributed by atoms with E-state index < -0.39 is 15.8 Å². The number of hydrogen-bond acceptors (Lipinski definition) is 7. The summed E-state index contributed by atoms with van der Waals surface area (Å²) >= 11 is 0. The van der Waals surface area contributed by atoms with Crippen LogP contribution in [0.4, 0.5) is 4.39 Å². The normalized spacial score (nSPS) is 17.9. The van der Waals surface area contributed by atoms with E-state index in [4.69, 9.17) is 14.2 Å². The van der Waals surface area contributed by atoms with Gasteiger partial charge < -0.3 is 14.2 Å². The number of halogens is 1. The Balaban J connectivity index is 1.74. The van der Waals surface area contributed by atoms with E-state index in [0.29, 0.717) is 12.3 Å². The largest absolute Gasteiger partial charge is 0.495 e. The van der Waals surface area contributed by atoms with Gasteiger partial charge in [-0.2, -0.15) is 4.31 Å². The van der Waals surface area contributed by atoms with Gasteiger partial charge in [-0.15, -0.1) is 10.2 Å². The minimum Gasteiger partial charge on any atom is -0.495 e. The fourth-order valence-corrected chi connectivity index (χ4v) is 4.31. The second-order valence-corrected chi connectivity index (χ2v) is 7.51. The molecular formula is C16H18FN3O5S. The van der Waals surface area contributed by atoms with Crippen molar-refractivity contribution < 1.29 is 27.0 Å². The van der Waals surface area contributed by atoms with E-state index in [9.17, 15) is 12.8 Å². The van der Waals surface area contributed by atoms with Gasteiger partial charge in [0.05, 0.1) is 20.8 Å². The third-order valence-corrected chi connectivity index (χ3v) is 5.85. The second kappa shape index (κ2) is 7.42. The lowest BCUT2D eigenvalue weighted by atomic mass is 10.3. The molecule has 0 bridgehead atoms. The maximum absolute atomic E-state index is 13.5. The van der Waals surface area contributed by atoms with Gasteiger partial charge in [-0.25, -0.2) is 12.8 Å². The van der Waals surface area contributed by atoms with E-state index in [1.165, 1.54) is 24.6 Å². The maximum Gasteiger partial charge on any atom is 0.246 e. The van der Waals surface area contributed by atoms with E-state index in [-0.39, 0.29) is 35.7 Å². The van der Waals surface area contributed by atoms with Crippen LogP contribution in [0.25, 0.3) is 0 Å². The topological polar surface area (TPSA) is 90.9 Å². The van der Waals surface area contributed by atoms with Gasteiger partial charge in [0, 0.05) is 18.7 Å². The van der Waals surface area contributed by atoms with Crippen LogP contribution < -0.4 is 14.2 Å². The molecule has 1 saturated heterocycles. The van der Waals surface area contributed by atoms with E-state index in [1.807, 2.05) is 0 Å². The van der Waals surface area contributed by atoms with Crippen molar-refractivity contribution in [3.63, 3.8) is 0 Å². The molecule has 0 spiro atoms. The summed E-state index contributed by atoms with van der Waals surface area (Å²) in [6.45, 7) is 0.367. The van der Waals surface area contributed by atoms with Crippen LogP contribution in [0.3, 0.4) is 0 Å². The average Bonchev–Trinajstić information content (AvgIpc) is 3.11. The Hall–Kier alpha value is -2.46. The van der Waals surface area contributed by atoms with Crippen molar-refractivity contribution in [1.29, 1.82) is 0 Å². The lowest BCUT2D eigenvalue weighted by molar-refractivity contribution is 0.203. The van der Waals surface area contributed by atoms with Crippen molar-refractivity contribution in [2.75, 3.05) is 27.3 Å². The Morgan fingerprint density at radius 2 is 1.85 bits per heavy atom. The summed E-state index contributed by atoms with van der Waals surface area (Å²) in [7, 11) is -1.09. The van der Waals surface area contributed by atoms with Crippen LogP contribution >= 0.6 is 0 Å². The van der Waals surface area contributed by atoms with Gasteiger partial charge in [0.15, 0.2) is 0 Å². The third kappa shape index (κ3) is 3.70. The quantitative estimate of drug-likeness (QED) is 0.746. The van der Waals surface area contributed by atoms with Crippen molar-refractivity contribution in [3.05, 3.63) is 36.1 Å². The van der Waals surface area contributed by atoms with Crippen LogP contribution in [0.5, 0.6) is 17.5 Å². The van der Waals surface area contributed by atoms with Gasteiger partial charge in [-0.05, 0) is 24.6 Å². The Morgan fingerprint density at radius 3 is 2.50 bits per heavy atom. The SMILES string of the molecule is COc1ccc(O[C@H]2CCN(S(=O)(=O)c3cc(F)ccc3OC)C2)nn1. The predicted octanol–water partition coefficient (Wildman–Crippen LogP) is 1.47. The molecule has 0 amide bonds. The summed E-state index contributed by atoms with van der Waals surface area (Å²) in [5.41, 5.74) is 0. The van der Waals surface area contributed by atoms with E-state index >= 15 is 0 Å². The summed E-state index contributed by atoms with van der Waals surface area (Å²) in [6.07, 6.45) is 0.0944. The molecule has 10 heteroatoms. The highest BCUT2D eigenvalue weighted by Gasteiger charge is 2.35. The number of ether oxygens (including phenoxy) is 3. The maximum atomic E-state index is 13.5. The van der Waals surface area contributed by atoms with Crippen molar-refractivity contribution in [2.24, 2.45) is 0 Å². The van der Waals surface area contributed by atoms with Gasteiger partial charge in [0.25, 0.3) is 0 Å². The van der Waals surface area contributed by atoms with Gasteiger partial charge in [-0.3, -0.25) is 0 Å². The van der Waals surface area contributed by atoms with Crippen LogP contribution in [-0.2, 0) is 10.0 Å². The summed E-state index contributed by atoms with van der Waals surface area (Å²) in [5.74, 6) is 0.0752. The summed E-state index contributed by atoms with van der Waals surface area (Å²) < 4.78 is 56.1. The monoisotopic (exact) mass is 383 g/mol. The first-order valence-corrected chi connectivity index (χ1v) is 9.26. The van der Waals surface area contributed by atoms with Crippen LogP contribution in [-0.4, -0.2) is 56.3 Å². The molecule has 0 saturated carbocycles. The number of nitrogens with zero attached hydrogens (tertiary/aromatic N) is 3. The number of methoxy groups -OCH3 is 2. The van der Waals surface area contributed by atoms with Crippen LogP contribution in [0.1, 0.15) is 6.42 Å². The fraction of sp³-hybridized carbons (Fsp3) is 0.375. The van der Waals surface area contributed by atoms with E-state index in [1.54, 1.807) is 12.1 Å². The van der Waals surface area contributed by atoms with Gasteiger partial charge in [0.1, 0.15) is 22.6 Å². The molecule has 140 valence electrons. The molecular weight excluding hydrogens is 365 g/mol. The van der Waals surface area contributed by atoms with E-state index in [0.717, 1.165) is 12.1 Å². The van der Waals surface area contributed by atoms with Crippen molar-refractivity contribution in [1.82, 2.24) is 14.5 Å². The van der Waals surface area contributed by atoms with Crippen LogP contribution in [0.2, 0.25) is 0 Å². The molecule has 2 aromatic rings. The minimum atomic E-state index is -3.91. The molecule has 0 aliphatic carbocycles. The lowest BCUT2D eigenvalue weighted by Crippen LogP contribution is -2.31. The molecule has 0 radical (unpaired) electrons. The Bertz CT molecular complexity index is 876. The molecule has 1 aliphatic heterocycles. The highest BCUT2D eigenvalue weighted by molar-refractivity contribution is 7.89. The second-order valence-electron chi connectivity index (χ2n) is 5.60. The molecule has 1 fully saturated rings. The van der Waals surface area contributed by atoms with E-state index in [2.05, 4.69) is 10.2 Å². The number of sulfonamides is 1. The smallest absolute Gasteiger partial charge is 0.246 e. The summed E-state index contributed by atoms with van der Waals surface area (Å²) in [4.78, 5) is -0.204. The zero-order chi connectivity index (χ0) is 18.7. The molecule has 1 aliphatic rings.